The molecule has 11 heavy (non-hydrogen) atoms. The van der Waals surface area contributed by atoms with Crippen molar-refractivity contribution in [3.63, 3.8) is 0 Å². The second-order valence-electron chi connectivity index (χ2n) is 2.74. The van der Waals surface area contributed by atoms with Gasteiger partial charge in [0.1, 0.15) is 17.0 Å². The third-order valence-electron chi connectivity index (χ3n) is 1.71. The summed E-state index contributed by atoms with van der Waals surface area (Å²) in [4.78, 5) is 10.2. The van der Waals surface area contributed by atoms with Gasteiger partial charge in [-0.1, -0.05) is 0 Å². The number of quaternary nitrogens is 1. The maximum atomic E-state index is 11.0. The van der Waals surface area contributed by atoms with Gasteiger partial charge in [-0.15, -0.1) is 0 Å². The first-order valence-electron chi connectivity index (χ1n) is 3.19. The molecule has 2 atom stereocenters. The van der Waals surface area contributed by atoms with Crippen molar-refractivity contribution in [1.29, 1.82) is 0 Å². The molecule has 0 spiro atoms. The molecule has 1 rings (SSSR count). The molecule has 0 aliphatic carbocycles. The second-order valence-corrected chi connectivity index (χ2v) is 4.97. The van der Waals surface area contributed by atoms with Crippen molar-refractivity contribution in [3.05, 3.63) is 0 Å². The monoisotopic (exact) mass is 179 g/mol. The first kappa shape index (κ1) is 8.48. The SMILES string of the molecule is [NH3+][C@H]1C[C@H](C(=O)[O-])S(=O)(=O)C1. The number of hydrogen-bond donors (Lipinski definition) is 1. The van der Waals surface area contributed by atoms with Crippen LogP contribution in [0.1, 0.15) is 6.42 Å². The van der Waals surface area contributed by atoms with Crippen molar-refractivity contribution in [2.24, 2.45) is 0 Å². The van der Waals surface area contributed by atoms with E-state index in [0.717, 1.165) is 0 Å². The van der Waals surface area contributed by atoms with E-state index in [1.165, 1.54) is 0 Å². The van der Waals surface area contributed by atoms with E-state index in [1.54, 1.807) is 0 Å². The summed E-state index contributed by atoms with van der Waals surface area (Å²) in [6, 6.07) is -0.303. The smallest absolute Gasteiger partial charge is 0.164 e. The van der Waals surface area contributed by atoms with Crippen molar-refractivity contribution in [2.45, 2.75) is 17.7 Å². The van der Waals surface area contributed by atoms with Crippen molar-refractivity contribution >= 4 is 15.8 Å². The average Bonchev–Trinajstić information content (AvgIpc) is 2.04. The fraction of sp³-hybridized carbons (Fsp3) is 0.800. The molecule has 0 bridgehead atoms. The fourth-order valence-corrected chi connectivity index (χ4v) is 3.09. The highest BCUT2D eigenvalue weighted by Crippen LogP contribution is 2.17. The van der Waals surface area contributed by atoms with Crippen LogP contribution in [0.3, 0.4) is 0 Å². The molecule has 1 fully saturated rings. The van der Waals surface area contributed by atoms with Crippen LogP contribution in [-0.2, 0) is 14.6 Å². The lowest BCUT2D eigenvalue weighted by Gasteiger charge is -2.07. The number of carbonyl (C=O) groups is 1. The van der Waals surface area contributed by atoms with E-state index in [4.69, 9.17) is 0 Å². The molecule has 1 saturated heterocycles. The summed E-state index contributed by atoms with van der Waals surface area (Å²) in [5.74, 6) is -1.64. The largest absolute Gasteiger partial charge is 0.549 e. The number of hydrogen-bond acceptors (Lipinski definition) is 4. The number of aliphatic carboxylic acids is 1. The topological polar surface area (TPSA) is 102 Å². The third kappa shape index (κ3) is 1.51. The normalized spacial score (nSPS) is 35.4. The zero-order chi connectivity index (χ0) is 8.65. The number of carboxylic acids is 1. The maximum absolute atomic E-state index is 11.0. The van der Waals surface area contributed by atoms with Crippen LogP contribution >= 0.6 is 0 Å². The Labute approximate surface area is 64.1 Å². The molecule has 1 aliphatic rings. The summed E-state index contributed by atoms with van der Waals surface area (Å²) < 4.78 is 21.9. The van der Waals surface area contributed by atoms with Gasteiger partial charge in [-0.05, 0) is 0 Å². The first-order chi connectivity index (χ1) is 4.93. The zero-order valence-corrected chi connectivity index (χ0v) is 6.63. The first-order valence-corrected chi connectivity index (χ1v) is 4.90. The lowest BCUT2D eigenvalue weighted by atomic mass is 10.2. The van der Waals surface area contributed by atoms with Gasteiger partial charge in [0.05, 0.1) is 5.97 Å². The van der Waals surface area contributed by atoms with E-state index < -0.39 is 21.1 Å². The molecule has 1 aliphatic heterocycles. The summed E-state index contributed by atoms with van der Waals surface area (Å²) in [6.07, 6.45) is 0.0880. The minimum atomic E-state index is -3.46. The molecule has 0 amide bonds. The van der Waals surface area contributed by atoms with Gasteiger partial charge >= 0.3 is 0 Å². The highest BCUT2D eigenvalue weighted by atomic mass is 32.2. The molecule has 0 aromatic rings. The van der Waals surface area contributed by atoms with Crippen LogP contribution in [-0.4, -0.2) is 31.4 Å². The van der Waals surface area contributed by atoms with E-state index >= 15 is 0 Å². The van der Waals surface area contributed by atoms with Crippen LogP contribution in [0.5, 0.6) is 0 Å². The molecule has 1 heterocycles. The van der Waals surface area contributed by atoms with Gasteiger partial charge in [-0.25, -0.2) is 8.42 Å². The highest BCUT2D eigenvalue weighted by molar-refractivity contribution is 7.93. The van der Waals surface area contributed by atoms with Gasteiger partial charge in [-0.2, -0.15) is 0 Å². The quantitative estimate of drug-likeness (QED) is 0.452. The lowest BCUT2D eigenvalue weighted by molar-refractivity contribution is -0.412. The van der Waals surface area contributed by atoms with E-state index in [0.29, 0.717) is 0 Å². The molecule has 0 aromatic carbocycles. The van der Waals surface area contributed by atoms with Crippen molar-refractivity contribution in [2.75, 3.05) is 5.75 Å². The lowest BCUT2D eigenvalue weighted by Crippen LogP contribution is -2.61. The summed E-state index contributed by atoms with van der Waals surface area (Å²) in [5, 5.41) is 8.92. The average molecular weight is 179 g/mol. The van der Waals surface area contributed by atoms with Gasteiger partial charge in [0.2, 0.25) is 0 Å². The molecular formula is C5H9NO4S. The molecule has 0 radical (unpaired) electrons. The van der Waals surface area contributed by atoms with E-state index in [2.05, 4.69) is 5.73 Å². The molecule has 5 nitrogen and oxygen atoms in total. The Balaban J connectivity index is 2.92. The van der Waals surface area contributed by atoms with Gasteiger partial charge in [0.25, 0.3) is 0 Å². The Morgan fingerprint density at radius 1 is 1.55 bits per heavy atom. The Morgan fingerprint density at radius 2 is 2.09 bits per heavy atom. The van der Waals surface area contributed by atoms with E-state index in [9.17, 15) is 18.3 Å². The van der Waals surface area contributed by atoms with Crippen LogP contribution in [0, 0.1) is 0 Å². The van der Waals surface area contributed by atoms with Gasteiger partial charge in [0.15, 0.2) is 9.84 Å². The van der Waals surface area contributed by atoms with Crippen LogP contribution in [0.15, 0.2) is 0 Å². The third-order valence-corrected chi connectivity index (χ3v) is 3.90. The minimum Gasteiger partial charge on any atom is -0.549 e. The summed E-state index contributed by atoms with van der Waals surface area (Å²) in [7, 11) is -3.46. The predicted octanol–water partition coefficient (Wildman–Crippen LogP) is -3.47. The maximum Gasteiger partial charge on any atom is 0.164 e. The Hall–Kier alpha value is -0.620. The number of carboxylic acid groups (broad SMARTS) is 1. The second kappa shape index (κ2) is 2.46. The van der Waals surface area contributed by atoms with E-state index in [-0.39, 0.29) is 18.2 Å². The van der Waals surface area contributed by atoms with Crippen molar-refractivity contribution < 1.29 is 24.1 Å². The highest BCUT2D eigenvalue weighted by Gasteiger charge is 2.39. The molecule has 0 unspecified atom stereocenters. The number of carbonyl (C=O) groups excluding carboxylic acids is 1. The summed E-state index contributed by atoms with van der Waals surface area (Å²) in [6.45, 7) is 0. The molecule has 64 valence electrons. The zero-order valence-electron chi connectivity index (χ0n) is 5.82. The number of rotatable bonds is 1. The summed E-state index contributed by atoms with van der Waals surface area (Å²) in [5.41, 5.74) is 3.50. The van der Waals surface area contributed by atoms with Crippen LogP contribution < -0.4 is 10.8 Å². The van der Waals surface area contributed by atoms with Crippen LogP contribution in [0.25, 0.3) is 0 Å². The Kier molecular flexibility index (Phi) is 1.89. The van der Waals surface area contributed by atoms with Gasteiger partial charge < -0.3 is 15.6 Å². The summed E-state index contributed by atoms with van der Waals surface area (Å²) >= 11 is 0. The fourth-order valence-electron chi connectivity index (χ4n) is 1.20. The van der Waals surface area contributed by atoms with Crippen LogP contribution in [0.4, 0.5) is 0 Å². The standard InChI is InChI=1S/C5H9NO4S/c6-3-1-4(5(7)8)11(9,10)2-3/h3-4H,1-2,6H2,(H,7,8)/t3-,4+/m0/s1. The van der Waals surface area contributed by atoms with E-state index in [1.807, 2.05) is 0 Å². The van der Waals surface area contributed by atoms with Crippen LogP contribution in [0.2, 0.25) is 0 Å². The Bertz CT molecular complexity index is 270. The Morgan fingerprint density at radius 3 is 2.27 bits per heavy atom. The molecule has 0 saturated carbocycles. The van der Waals surface area contributed by atoms with Gasteiger partial charge in [0, 0.05) is 6.42 Å². The molecule has 6 heteroatoms. The van der Waals surface area contributed by atoms with Crippen molar-refractivity contribution in [3.8, 4) is 0 Å². The molecular weight excluding hydrogens is 170 g/mol. The minimum absolute atomic E-state index is 0.0880. The predicted molar refractivity (Wildman–Crippen MR) is 33.9 cm³/mol. The molecule has 0 aromatic heterocycles. The van der Waals surface area contributed by atoms with Gasteiger partial charge in [-0.3, -0.25) is 0 Å². The van der Waals surface area contributed by atoms with Crippen molar-refractivity contribution in [1.82, 2.24) is 0 Å². The molecule has 3 N–H and O–H groups in total. The number of sulfone groups is 1.